The highest BCUT2D eigenvalue weighted by Gasteiger charge is 2.54. The molecule has 5 rings (SSSR count). The smallest absolute Gasteiger partial charge is 0.333 e. The van der Waals surface area contributed by atoms with Gasteiger partial charge in [-0.15, -0.1) is 0 Å². The fourth-order valence-corrected chi connectivity index (χ4v) is 5.90. The van der Waals surface area contributed by atoms with E-state index in [4.69, 9.17) is 10.5 Å². The Bertz CT molecular complexity index is 1510. The normalized spacial score (nSPS) is 22.5. The maximum atomic E-state index is 13.0. The van der Waals surface area contributed by atoms with E-state index in [2.05, 4.69) is 15.4 Å². The van der Waals surface area contributed by atoms with Gasteiger partial charge in [-0.25, -0.2) is 18.1 Å². The molecule has 38 heavy (non-hydrogen) atoms. The fraction of sp³-hybridized carbons (Fsp3) is 0.360. The number of carbonyl (C=O) groups is 2. The van der Waals surface area contributed by atoms with Gasteiger partial charge in [-0.2, -0.15) is 13.9 Å². The van der Waals surface area contributed by atoms with Crippen LogP contribution in [0.5, 0.6) is 5.88 Å². The molecule has 3 aromatic rings. The number of sulfone groups is 1. The Labute approximate surface area is 217 Å². The summed E-state index contributed by atoms with van der Waals surface area (Å²) >= 11 is 0. The van der Waals surface area contributed by atoms with E-state index in [0.29, 0.717) is 10.2 Å². The van der Waals surface area contributed by atoms with E-state index in [1.54, 1.807) is 12.1 Å². The maximum absolute atomic E-state index is 13.0. The minimum absolute atomic E-state index is 0.0217. The molecule has 0 unspecified atom stereocenters. The molecule has 2 heterocycles. The van der Waals surface area contributed by atoms with Crippen LogP contribution in [0.2, 0.25) is 0 Å². The Morgan fingerprint density at radius 3 is 2.55 bits per heavy atom. The van der Waals surface area contributed by atoms with Crippen LogP contribution >= 0.6 is 0 Å². The van der Waals surface area contributed by atoms with Crippen LogP contribution in [-0.2, 0) is 9.84 Å². The molecule has 0 atom stereocenters. The third-order valence-electron chi connectivity index (χ3n) is 7.06. The molecule has 3 N–H and O–H groups in total. The van der Waals surface area contributed by atoms with Crippen molar-refractivity contribution < 1.29 is 31.5 Å². The molecule has 2 fully saturated rings. The number of halogens is 2. The van der Waals surface area contributed by atoms with Gasteiger partial charge >= 0.3 is 6.55 Å². The van der Waals surface area contributed by atoms with Gasteiger partial charge in [-0.1, -0.05) is 0 Å². The standard InChI is InChI=1S/C25H25F2N5O5S/c1-38(35,36)19-6-14(16-12-30-32(13-16)24(26)27)5-15(7-19)22(34)31-17-8-25(9-17)10-18(11-25)37-23-20(21(28)33)3-2-4-29-23/h2-7,12-13,17-18,24H,8-11H2,1H3,(H2,28,33)(H,31,34)/t17-,18-,25?. The van der Waals surface area contributed by atoms with Crippen LogP contribution in [0.1, 0.15) is 52.9 Å². The molecular formula is C25H25F2N5O5S. The number of ether oxygens (including phenoxy) is 1. The van der Waals surface area contributed by atoms with Crippen molar-refractivity contribution in [2.24, 2.45) is 11.1 Å². The molecule has 13 heteroatoms. The summed E-state index contributed by atoms with van der Waals surface area (Å²) in [5, 5.41) is 6.52. The van der Waals surface area contributed by atoms with Crippen molar-refractivity contribution in [2.75, 3.05) is 6.26 Å². The van der Waals surface area contributed by atoms with Crippen molar-refractivity contribution >= 4 is 21.7 Å². The van der Waals surface area contributed by atoms with Crippen molar-refractivity contribution in [3.05, 3.63) is 60.0 Å². The lowest BCUT2D eigenvalue weighted by atomic mass is 9.53. The predicted molar refractivity (Wildman–Crippen MR) is 131 cm³/mol. The second-order valence-electron chi connectivity index (χ2n) is 9.95. The predicted octanol–water partition coefficient (Wildman–Crippen LogP) is 2.96. The average molecular weight is 546 g/mol. The van der Waals surface area contributed by atoms with E-state index >= 15 is 0 Å². The number of carbonyl (C=O) groups excluding carboxylic acids is 2. The lowest BCUT2D eigenvalue weighted by Crippen LogP contribution is -2.58. The fourth-order valence-electron chi connectivity index (χ4n) is 5.21. The van der Waals surface area contributed by atoms with Gasteiger partial charge in [0.15, 0.2) is 9.84 Å². The van der Waals surface area contributed by atoms with Gasteiger partial charge in [-0.05, 0) is 67.0 Å². The van der Waals surface area contributed by atoms with Crippen LogP contribution in [0.3, 0.4) is 0 Å². The minimum Gasteiger partial charge on any atom is -0.474 e. The van der Waals surface area contributed by atoms with Gasteiger partial charge in [0, 0.05) is 35.8 Å². The summed E-state index contributed by atoms with van der Waals surface area (Å²) in [4.78, 5) is 28.6. The summed E-state index contributed by atoms with van der Waals surface area (Å²) in [6.45, 7) is -2.85. The zero-order chi connectivity index (χ0) is 27.2. The summed E-state index contributed by atoms with van der Waals surface area (Å²) in [7, 11) is -3.68. The highest BCUT2D eigenvalue weighted by Crippen LogP contribution is 2.56. The number of nitrogens with one attached hydrogen (secondary N) is 1. The second kappa shape index (κ2) is 9.46. The number of hydrogen-bond acceptors (Lipinski definition) is 7. The molecule has 2 amide bonds. The van der Waals surface area contributed by atoms with E-state index in [0.717, 1.165) is 38.1 Å². The zero-order valence-electron chi connectivity index (χ0n) is 20.3. The van der Waals surface area contributed by atoms with Crippen molar-refractivity contribution in [3.63, 3.8) is 0 Å². The number of benzene rings is 1. The number of nitrogens with two attached hydrogens (primary N) is 1. The van der Waals surface area contributed by atoms with Gasteiger partial charge in [0.05, 0.1) is 11.1 Å². The molecule has 0 aliphatic heterocycles. The number of primary amides is 1. The lowest BCUT2D eigenvalue weighted by Gasteiger charge is -2.57. The molecule has 0 bridgehead atoms. The summed E-state index contributed by atoms with van der Waals surface area (Å²) in [5.74, 6) is -0.853. The van der Waals surface area contributed by atoms with E-state index in [1.165, 1.54) is 30.6 Å². The van der Waals surface area contributed by atoms with Crippen LogP contribution in [0, 0.1) is 5.41 Å². The van der Waals surface area contributed by atoms with E-state index in [9.17, 15) is 26.8 Å². The van der Waals surface area contributed by atoms with Crippen LogP contribution in [0.15, 0.2) is 53.8 Å². The molecule has 200 valence electrons. The number of amides is 2. The number of pyridine rings is 1. The number of hydrogen-bond donors (Lipinski definition) is 2. The van der Waals surface area contributed by atoms with E-state index in [1.807, 2.05) is 0 Å². The number of rotatable bonds is 8. The summed E-state index contributed by atoms with van der Waals surface area (Å²) in [5.41, 5.74) is 6.29. The Hall–Kier alpha value is -3.87. The summed E-state index contributed by atoms with van der Waals surface area (Å²) in [6.07, 6.45) is 7.66. The van der Waals surface area contributed by atoms with Crippen molar-refractivity contribution in [1.29, 1.82) is 0 Å². The van der Waals surface area contributed by atoms with Gasteiger partial charge in [0.2, 0.25) is 5.88 Å². The number of aromatic nitrogens is 3. The summed E-state index contributed by atoms with van der Waals surface area (Å²) in [6, 6.07) is 7.13. The van der Waals surface area contributed by atoms with Crippen molar-refractivity contribution in [1.82, 2.24) is 20.1 Å². The van der Waals surface area contributed by atoms with Gasteiger partial charge in [0.1, 0.15) is 11.7 Å². The SMILES string of the molecule is CS(=O)(=O)c1cc(C(=O)N[C@H]2CC3(C2)C[C@H](Oc2ncccc2C(N)=O)C3)cc(-c2cnn(C(F)F)c2)c1. The second-order valence-corrected chi connectivity index (χ2v) is 12.0. The van der Waals surface area contributed by atoms with Crippen LogP contribution in [0.4, 0.5) is 8.78 Å². The largest absolute Gasteiger partial charge is 0.474 e. The molecule has 2 aliphatic carbocycles. The molecule has 2 aromatic heterocycles. The maximum Gasteiger partial charge on any atom is 0.333 e. The lowest BCUT2D eigenvalue weighted by molar-refractivity contribution is -0.0848. The van der Waals surface area contributed by atoms with Crippen molar-refractivity contribution in [3.8, 4) is 17.0 Å². The van der Waals surface area contributed by atoms with Crippen LogP contribution in [-0.4, -0.2) is 53.4 Å². The first-order valence-corrected chi connectivity index (χ1v) is 13.7. The Kier molecular flexibility index (Phi) is 6.41. The van der Waals surface area contributed by atoms with Gasteiger partial charge < -0.3 is 15.8 Å². The van der Waals surface area contributed by atoms with Gasteiger partial charge in [0.25, 0.3) is 11.8 Å². The quantitative estimate of drug-likeness (QED) is 0.442. The highest BCUT2D eigenvalue weighted by molar-refractivity contribution is 7.90. The number of alkyl halides is 2. The molecule has 1 aromatic carbocycles. The first-order valence-electron chi connectivity index (χ1n) is 11.8. The average Bonchev–Trinajstić information content (AvgIpc) is 3.31. The molecule has 1 spiro atoms. The van der Waals surface area contributed by atoms with E-state index < -0.39 is 28.2 Å². The summed E-state index contributed by atoms with van der Waals surface area (Å²) < 4.78 is 56.7. The Balaban J connectivity index is 1.23. The zero-order valence-corrected chi connectivity index (χ0v) is 21.1. The Morgan fingerprint density at radius 1 is 1.18 bits per heavy atom. The van der Waals surface area contributed by atoms with Crippen molar-refractivity contribution in [2.45, 2.75) is 49.3 Å². The first kappa shape index (κ1) is 25.8. The topological polar surface area (TPSA) is 146 Å². The molecular weight excluding hydrogens is 520 g/mol. The van der Waals surface area contributed by atoms with Crippen LogP contribution in [0.25, 0.3) is 11.1 Å². The molecule has 2 aliphatic rings. The first-order chi connectivity index (χ1) is 17.9. The Morgan fingerprint density at radius 2 is 1.92 bits per heavy atom. The third kappa shape index (κ3) is 5.10. The monoisotopic (exact) mass is 545 g/mol. The molecule has 0 saturated heterocycles. The minimum atomic E-state index is -3.68. The highest BCUT2D eigenvalue weighted by atomic mass is 32.2. The molecule has 10 nitrogen and oxygen atoms in total. The van der Waals surface area contributed by atoms with E-state index in [-0.39, 0.29) is 45.0 Å². The number of nitrogens with zero attached hydrogens (tertiary/aromatic N) is 3. The third-order valence-corrected chi connectivity index (χ3v) is 8.15. The molecule has 2 saturated carbocycles. The van der Waals surface area contributed by atoms with Crippen LogP contribution < -0.4 is 15.8 Å². The van der Waals surface area contributed by atoms with Gasteiger partial charge in [-0.3, -0.25) is 9.59 Å². The molecule has 0 radical (unpaired) electrons.